The summed E-state index contributed by atoms with van der Waals surface area (Å²) in [5.41, 5.74) is 2.03. The van der Waals surface area contributed by atoms with Crippen molar-refractivity contribution in [2.75, 3.05) is 14.1 Å². The molecule has 0 bridgehead atoms. The SMILES string of the molecule is Cc1c(C(=O)N(C)C)sc2ncn3nc(-c4ccc(OC(F)F)cc4)nc3c12. The Morgan fingerprint density at radius 3 is 2.61 bits per heavy atom. The van der Waals surface area contributed by atoms with E-state index in [0.29, 0.717) is 26.7 Å². The highest BCUT2D eigenvalue weighted by atomic mass is 32.1. The molecule has 28 heavy (non-hydrogen) atoms. The highest BCUT2D eigenvalue weighted by molar-refractivity contribution is 7.20. The van der Waals surface area contributed by atoms with Gasteiger partial charge in [0.05, 0.1) is 10.3 Å². The lowest BCUT2D eigenvalue weighted by Gasteiger charge is -2.08. The number of carbonyl (C=O) groups is 1. The van der Waals surface area contributed by atoms with Crippen molar-refractivity contribution in [3.05, 3.63) is 41.0 Å². The van der Waals surface area contributed by atoms with Crippen LogP contribution < -0.4 is 4.74 Å². The number of thiophene rings is 1. The zero-order chi connectivity index (χ0) is 20.0. The molecule has 4 rings (SSSR count). The highest BCUT2D eigenvalue weighted by Gasteiger charge is 2.21. The quantitative estimate of drug-likeness (QED) is 0.520. The molecule has 0 atom stereocenters. The van der Waals surface area contributed by atoms with E-state index in [1.165, 1.54) is 28.4 Å². The van der Waals surface area contributed by atoms with Crippen molar-refractivity contribution in [1.82, 2.24) is 24.5 Å². The second kappa shape index (κ2) is 6.79. The molecule has 0 N–H and O–H groups in total. The van der Waals surface area contributed by atoms with Crippen LogP contribution in [0.2, 0.25) is 0 Å². The number of amides is 1. The fraction of sp³-hybridized carbons (Fsp3) is 0.222. The van der Waals surface area contributed by atoms with Crippen molar-refractivity contribution in [2.45, 2.75) is 13.5 Å². The van der Waals surface area contributed by atoms with E-state index in [-0.39, 0.29) is 11.7 Å². The first-order chi connectivity index (χ1) is 13.3. The van der Waals surface area contributed by atoms with E-state index >= 15 is 0 Å². The second-order valence-corrected chi connectivity index (χ2v) is 7.29. The lowest BCUT2D eigenvalue weighted by atomic mass is 10.2. The summed E-state index contributed by atoms with van der Waals surface area (Å²) in [5, 5.41) is 5.19. The van der Waals surface area contributed by atoms with E-state index in [0.717, 1.165) is 10.9 Å². The summed E-state index contributed by atoms with van der Waals surface area (Å²) in [6.45, 7) is -1.01. The van der Waals surface area contributed by atoms with Crippen molar-refractivity contribution >= 4 is 33.1 Å². The monoisotopic (exact) mass is 403 g/mol. The maximum atomic E-state index is 12.4. The van der Waals surface area contributed by atoms with E-state index in [1.807, 2.05) is 6.92 Å². The van der Waals surface area contributed by atoms with Gasteiger partial charge in [0, 0.05) is 19.7 Å². The average Bonchev–Trinajstić information content (AvgIpc) is 3.22. The molecule has 0 aliphatic rings. The van der Waals surface area contributed by atoms with Crippen molar-refractivity contribution in [2.24, 2.45) is 0 Å². The van der Waals surface area contributed by atoms with Gasteiger partial charge in [0.15, 0.2) is 11.5 Å². The molecule has 0 saturated carbocycles. The van der Waals surface area contributed by atoms with Gasteiger partial charge in [-0.25, -0.2) is 14.5 Å². The summed E-state index contributed by atoms with van der Waals surface area (Å²) in [6, 6.07) is 6.09. The predicted octanol–water partition coefficient (Wildman–Crippen LogP) is 3.62. The number of nitrogens with zero attached hydrogens (tertiary/aromatic N) is 5. The summed E-state index contributed by atoms with van der Waals surface area (Å²) in [4.78, 5) is 24.2. The lowest BCUT2D eigenvalue weighted by Crippen LogP contribution is -2.21. The Balaban J connectivity index is 1.80. The van der Waals surface area contributed by atoms with E-state index in [4.69, 9.17) is 0 Å². The highest BCUT2D eigenvalue weighted by Crippen LogP contribution is 2.33. The molecule has 0 saturated heterocycles. The van der Waals surface area contributed by atoms with Gasteiger partial charge < -0.3 is 9.64 Å². The summed E-state index contributed by atoms with van der Waals surface area (Å²) in [5.74, 6) is 0.393. The third-order valence-corrected chi connectivity index (χ3v) is 5.39. The molecule has 7 nitrogen and oxygen atoms in total. The maximum Gasteiger partial charge on any atom is 0.387 e. The normalized spacial score (nSPS) is 11.5. The van der Waals surface area contributed by atoms with Crippen LogP contribution >= 0.6 is 11.3 Å². The average molecular weight is 403 g/mol. The Hall–Kier alpha value is -3.14. The molecule has 144 valence electrons. The van der Waals surface area contributed by atoms with Gasteiger partial charge in [-0.05, 0) is 36.8 Å². The molecular formula is C18H15F2N5O2S. The van der Waals surface area contributed by atoms with Gasteiger partial charge in [-0.15, -0.1) is 16.4 Å². The zero-order valence-corrected chi connectivity index (χ0v) is 16.0. The predicted molar refractivity (Wildman–Crippen MR) is 101 cm³/mol. The fourth-order valence-corrected chi connectivity index (χ4v) is 4.01. The molecular weight excluding hydrogens is 388 g/mol. The molecule has 0 unspecified atom stereocenters. The first kappa shape index (κ1) is 18.2. The van der Waals surface area contributed by atoms with Gasteiger partial charge in [0.2, 0.25) is 0 Å². The molecule has 0 aliphatic carbocycles. The third kappa shape index (κ3) is 3.05. The van der Waals surface area contributed by atoms with Crippen LogP contribution in [-0.4, -0.2) is 51.1 Å². The molecule has 1 aromatic carbocycles. The molecule has 3 heterocycles. The minimum Gasteiger partial charge on any atom is -0.435 e. The number of ether oxygens (including phenoxy) is 1. The lowest BCUT2D eigenvalue weighted by molar-refractivity contribution is -0.0498. The standard InChI is InChI=1S/C18H15F2N5O2S/c1-9-12-15-22-14(10-4-6-11(7-5-10)27-18(19)20)23-25(15)8-21-16(12)28-13(9)17(26)24(2)3/h4-8,18H,1-3H3. The number of rotatable bonds is 4. The second-order valence-electron chi connectivity index (χ2n) is 6.29. The largest absolute Gasteiger partial charge is 0.435 e. The van der Waals surface area contributed by atoms with Crippen molar-refractivity contribution < 1.29 is 18.3 Å². The molecule has 3 aromatic heterocycles. The Bertz CT molecular complexity index is 1180. The summed E-state index contributed by atoms with van der Waals surface area (Å²) in [7, 11) is 3.40. The summed E-state index contributed by atoms with van der Waals surface area (Å²) >= 11 is 1.32. The van der Waals surface area contributed by atoms with Gasteiger partial charge in [-0.2, -0.15) is 8.78 Å². The van der Waals surface area contributed by atoms with Crippen molar-refractivity contribution in [1.29, 1.82) is 0 Å². The molecule has 0 fully saturated rings. The number of hydrogen-bond donors (Lipinski definition) is 0. The van der Waals surface area contributed by atoms with Crippen LogP contribution in [0.15, 0.2) is 30.6 Å². The number of halogens is 2. The van der Waals surface area contributed by atoms with Gasteiger partial charge in [0.25, 0.3) is 5.91 Å². The van der Waals surface area contributed by atoms with E-state index in [9.17, 15) is 13.6 Å². The van der Waals surface area contributed by atoms with Gasteiger partial charge >= 0.3 is 6.61 Å². The number of aromatic nitrogens is 4. The van der Waals surface area contributed by atoms with Crippen LogP contribution in [0.5, 0.6) is 5.75 Å². The number of hydrogen-bond acceptors (Lipinski definition) is 6. The molecule has 4 aromatic rings. The number of aryl methyl sites for hydroxylation is 1. The van der Waals surface area contributed by atoms with E-state index < -0.39 is 6.61 Å². The van der Waals surface area contributed by atoms with Crippen molar-refractivity contribution in [3.8, 4) is 17.1 Å². The third-order valence-electron chi connectivity index (χ3n) is 4.21. The number of alkyl halides is 2. The smallest absolute Gasteiger partial charge is 0.387 e. The number of fused-ring (bicyclic) bond motifs is 3. The first-order valence-electron chi connectivity index (χ1n) is 8.26. The van der Waals surface area contributed by atoms with Crippen LogP contribution in [0.3, 0.4) is 0 Å². The Labute approximate surface area is 162 Å². The van der Waals surface area contributed by atoms with Crippen LogP contribution in [0, 0.1) is 6.92 Å². The molecule has 10 heteroatoms. The summed E-state index contributed by atoms with van der Waals surface area (Å²) in [6.07, 6.45) is 1.54. The minimum atomic E-state index is -2.88. The Morgan fingerprint density at radius 1 is 1.25 bits per heavy atom. The minimum absolute atomic E-state index is 0.0621. The Kier molecular flexibility index (Phi) is 4.42. The van der Waals surface area contributed by atoms with Gasteiger partial charge in [-0.1, -0.05) is 0 Å². The molecule has 0 spiro atoms. The van der Waals surface area contributed by atoms with E-state index in [1.54, 1.807) is 37.1 Å². The van der Waals surface area contributed by atoms with Gasteiger partial charge in [-0.3, -0.25) is 4.79 Å². The molecule has 1 amide bonds. The fourth-order valence-electron chi connectivity index (χ4n) is 2.85. The van der Waals surface area contributed by atoms with Crippen molar-refractivity contribution in [3.63, 3.8) is 0 Å². The van der Waals surface area contributed by atoms with E-state index in [2.05, 4.69) is 19.8 Å². The summed E-state index contributed by atoms with van der Waals surface area (Å²) < 4.78 is 30.5. The Morgan fingerprint density at radius 2 is 1.96 bits per heavy atom. The van der Waals surface area contributed by atoms with Gasteiger partial charge in [0.1, 0.15) is 16.9 Å². The maximum absolute atomic E-state index is 12.4. The zero-order valence-electron chi connectivity index (χ0n) is 15.2. The molecule has 0 aliphatic heterocycles. The van der Waals surface area contributed by atoms with Crippen LogP contribution in [0.1, 0.15) is 15.2 Å². The van der Waals surface area contributed by atoms with Crippen LogP contribution in [0.4, 0.5) is 8.78 Å². The van der Waals surface area contributed by atoms with Crippen LogP contribution in [-0.2, 0) is 0 Å². The number of carbonyl (C=O) groups excluding carboxylic acids is 1. The van der Waals surface area contributed by atoms with Crippen LogP contribution in [0.25, 0.3) is 27.3 Å². The molecule has 0 radical (unpaired) electrons. The number of benzene rings is 1. The first-order valence-corrected chi connectivity index (χ1v) is 9.08. The topological polar surface area (TPSA) is 72.6 Å².